The minimum atomic E-state index is 0. The highest BCUT2D eigenvalue weighted by atomic mass is 16.3. The normalized spacial score (nSPS) is 7.86. The van der Waals surface area contributed by atoms with E-state index in [0.717, 1.165) is 0 Å². The number of phenols is 1. The average Bonchev–Trinajstić information content (AvgIpc) is 2.19. The number of carbonyl (C=O) groups excluding carboxylic acids is 1. The maximum absolute atomic E-state index is 10.1. The van der Waals surface area contributed by atoms with Crippen LogP contribution in [0.4, 0.5) is 0 Å². The first-order valence-electron chi connectivity index (χ1n) is 3.89. The molecule has 0 aromatic heterocycles. The van der Waals surface area contributed by atoms with Crippen molar-refractivity contribution in [1.29, 1.82) is 0 Å². The Hall–Kier alpha value is -1.43. The number of hydrogen-bond donors (Lipinski definition) is 3. The summed E-state index contributed by atoms with van der Waals surface area (Å²) in [6.07, 6.45) is 0.620. The minimum Gasteiger partial charge on any atom is -0.507 e. The summed E-state index contributed by atoms with van der Waals surface area (Å²) in [6.45, 7) is 1.19. The van der Waals surface area contributed by atoms with E-state index in [0.29, 0.717) is 24.9 Å². The van der Waals surface area contributed by atoms with E-state index in [4.69, 9.17) is 16.6 Å². The van der Waals surface area contributed by atoms with Crippen LogP contribution in [-0.2, 0) is 0 Å². The van der Waals surface area contributed by atoms with Gasteiger partial charge in [-0.3, -0.25) is 4.79 Å². The van der Waals surface area contributed by atoms with Gasteiger partial charge in [-0.15, -0.1) is 0 Å². The fourth-order valence-corrected chi connectivity index (χ4v) is 0.587. The predicted molar refractivity (Wildman–Crippen MR) is 55.2 cm³/mol. The molecule has 0 spiro atoms. The lowest BCUT2D eigenvalue weighted by atomic mass is 10.2. The average molecular weight is 200 g/mol. The monoisotopic (exact) mass is 200 g/mol. The molecule has 1 aromatic rings. The van der Waals surface area contributed by atoms with Gasteiger partial charge in [0.15, 0.2) is 6.29 Å². The highest BCUT2D eigenvalue weighted by Crippen LogP contribution is 2.11. The van der Waals surface area contributed by atoms with Crippen LogP contribution in [0.2, 0.25) is 0 Å². The molecule has 80 valence electrons. The third kappa shape index (κ3) is 6.13. The number of hydrogen-bond acceptors (Lipinski definition) is 4. The smallest absolute Gasteiger partial charge is 0.153 e. The van der Waals surface area contributed by atoms with Crippen LogP contribution in [0.25, 0.3) is 0 Å². The number of phenolic OH excluding ortho intramolecular Hbond substituents is 1. The second-order valence-electron chi connectivity index (χ2n) is 2.25. The quantitative estimate of drug-likeness (QED) is 0.545. The lowest BCUT2D eigenvalue weighted by Crippen LogP contribution is -2.11. The van der Waals surface area contributed by atoms with Crippen molar-refractivity contribution in [1.82, 2.24) is 0 Å². The van der Waals surface area contributed by atoms with Gasteiger partial charge in [0.25, 0.3) is 0 Å². The van der Waals surface area contributed by atoms with E-state index in [1.54, 1.807) is 18.2 Å². The second kappa shape index (κ2) is 9.66. The van der Waals surface area contributed by atoms with E-state index in [9.17, 15) is 4.79 Å². The number of carbonyl (C=O) groups is 1. The fourth-order valence-electron chi connectivity index (χ4n) is 0.587. The molecule has 5 heteroatoms. The van der Waals surface area contributed by atoms with Gasteiger partial charge in [-0.2, -0.15) is 0 Å². The summed E-state index contributed by atoms with van der Waals surface area (Å²) in [6, 6.07) is 6.40. The molecule has 0 amide bonds. The summed E-state index contributed by atoms with van der Waals surface area (Å²) in [4.78, 5) is 10.1. The molecular formula is C9H16N2O3. The number of nitrogens with two attached hydrogens (primary N) is 2. The molecule has 0 radical (unpaired) electrons. The molecule has 1 aromatic carbocycles. The third-order valence-electron chi connectivity index (χ3n) is 1.23. The zero-order chi connectivity index (χ0) is 10.1. The largest absolute Gasteiger partial charge is 0.507 e. The lowest BCUT2D eigenvalue weighted by Gasteiger charge is -1.91. The first-order valence-corrected chi connectivity index (χ1v) is 3.89. The number of para-hydroxylation sites is 1. The van der Waals surface area contributed by atoms with Crippen LogP contribution in [0.5, 0.6) is 5.75 Å². The summed E-state index contributed by atoms with van der Waals surface area (Å²) in [7, 11) is 0. The Morgan fingerprint density at radius 2 is 1.71 bits per heavy atom. The molecule has 0 aliphatic heterocycles. The van der Waals surface area contributed by atoms with Gasteiger partial charge in [0.05, 0.1) is 5.56 Å². The molecule has 0 atom stereocenters. The first kappa shape index (κ1) is 15.1. The molecule has 0 saturated heterocycles. The molecule has 14 heavy (non-hydrogen) atoms. The zero-order valence-electron chi connectivity index (χ0n) is 7.81. The van der Waals surface area contributed by atoms with Crippen molar-refractivity contribution in [3.63, 3.8) is 0 Å². The Morgan fingerprint density at radius 1 is 1.21 bits per heavy atom. The van der Waals surface area contributed by atoms with Crippen LogP contribution < -0.4 is 11.5 Å². The fraction of sp³-hybridized carbons (Fsp3) is 0.222. The highest BCUT2D eigenvalue weighted by Gasteiger charge is 1.93. The zero-order valence-corrected chi connectivity index (χ0v) is 7.81. The Bertz CT molecular complexity index is 252. The van der Waals surface area contributed by atoms with Crippen LogP contribution >= 0.6 is 0 Å². The number of aromatic hydroxyl groups is 1. The topological polar surface area (TPSA) is 121 Å². The summed E-state index contributed by atoms with van der Waals surface area (Å²) >= 11 is 0. The van der Waals surface area contributed by atoms with E-state index >= 15 is 0 Å². The number of aldehydes is 1. The van der Waals surface area contributed by atoms with Gasteiger partial charge in [0.2, 0.25) is 0 Å². The van der Waals surface area contributed by atoms with Crippen LogP contribution in [0.1, 0.15) is 10.4 Å². The van der Waals surface area contributed by atoms with Crippen molar-refractivity contribution in [3.8, 4) is 5.75 Å². The van der Waals surface area contributed by atoms with Crippen molar-refractivity contribution < 1.29 is 15.4 Å². The molecule has 0 bridgehead atoms. The molecule has 0 aliphatic rings. The van der Waals surface area contributed by atoms with E-state index < -0.39 is 0 Å². The third-order valence-corrected chi connectivity index (χ3v) is 1.23. The van der Waals surface area contributed by atoms with Gasteiger partial charge in [0, 0.05) is 13.1 Å². The number of rotatable bonds is 2. The molecule has 1 rings (SSSR count). The molecule has 5 nitrogen and oxygen atoms in total. The summed E-state index contributed by atoms with van der Waals surface area (Å²) < 4.78 is 0. The van der Waals surface area contributed by atoms with Gasteiger partial charge in [-0.05, 0) is 12.1 Å². The van der Waals surface area contributed by atoms with Crippen LogP contribution in [0.3, 0.4) is 0 Å². The van der Waals surface area contributed by atoms with Crippen molar-refractivity contribution >= 4 is 6.29 Å². The Kier molecular flexibility index (Phi) is 10.4. The van der Waals surface area contributed by atoms with Crippen LogP contribution in [0, 0.1) is 0 Å². The van der Waals surface area contributed by atoms with E-state index in [-0.39, 0.29) is 11.2 Å². The Balaban J connectivity index is 0. The van der Waals surface area contributed by atoms with Crippen molar-refractivity contribution in [2.45, 2.75) is 0 Å². The van der Waals surface area contributed by atoms with Crippen molar-refractivity contribution in [2.24, 2.45) is 11.5 Å². The van der Waals surface area contributed by atoms with Gasteiger partial charge < -0.3 is 22.1 Å². The first-order chi connectivity index (χ1) is 6.26. The summed E-state index contributed by atoms with van der Waals surface area (Å²) in [5.74, 6) is 0.0347. The lowest BCUT2D eigenvalue weighted by molar-refractivity contribution is 0.112. The maximum Gasteiger partial charge on any atom is 0.153 e. The summed E-state index contributed by atoms with van der Waals surface area (Å²) in [5.41, 5.74) is 10.1. The molecule has 0 fully saturated rings. The van der Waals surface area contributed by atoms with Gasteiger partial charge in [-0.1, -0.05) is 12.1 Å². The minimum absolute atomic E-state index is 0. The van der Waals surface area contributed by atoms with Gasteiger partial charge in [0.1, 0.15) is 5.75 Å². The van der Waals surface area contributed by atoms with Crippen molar-refractivity contribution in [3.05, 3.63) is 29.8 Å². The summed E-state index contributed by atoms with van der Waals surface area (Å²) in [5, 5.41) is 8.88. The van der Waals surface area contributed by atoms with Crippen LogP contribution in [-0.4, -0.2) is 30.0 Å². The maximum atomic E-state index is 10.1. The SMILES string of the molecule is NCCN.O.O=Cc1ccccc1O. The number of benzene rings is 1. The van der Waals surface area contributed by atoms with E-state index in [2.05, 4.69) is 0 Å². The van der Waals surface area contributed by atoms with Crippen molar-refractivity contribution in [2.75, 3.05) is 13.1 Å². The van der Waals surface area contributed by atoms with E-state index in [1.165, 1.54) is 6.07 Å². The standard InChI is InChI=1S/C7H6O2.C2H8N2.H2O/c8-5-6-3-1-2-4-7(6)9;3-1-2-4;/h1-5,9H;1-4H2;1H2. The van der Waals surface area contributed by atoms with E-state index in [1.807, 2.05) is 0 Å². The van der Waals surface area contributed by atoms with Gasteiger partial charge in [-0.25, -0.2) is 0 Å². The molecule has 0 unspecified atom stereocenters. The second-order valence-corrected chi connectivity index (χ2v) is 2.25. The molecule has 7 N–H and O–H groups in total. The predicted octanol–water partition coefficient (Wildman–Crippen LogP) is -0.716. The van der Waals surface area contributed by atoms with Gasteiger partial charge >= 0.3 is 0 Å². The molecule has 0 aliphatic carbocycles. The Morgan fingerprint density at radius 3 is 2.00 bits per heavy atom. The van der Waals surface area contributed by atoms with Crippen LogP contribution in [0.15, 0.2) is 24.3 Å². The Labute approximate surface area is 82.6 Å². The molecule has 0 heterocycles. The highest BCUT2D eigenvalue weighted by molar-refractivity contribution is 5.78. The molecule has 0 saturated carbocycles. The molecular weight excluding hydrogens is 184 g/mol.